The first-order chi connectivity index (χ1) is 7.87. The number of aliphatic hydroxyl groups is 1. The monoisotopic (exact) mass is 236 g/mol. The number of anilines is 1. The van der Waals surface area contributed by atoms with Crippen molar-refractivity contribution in [3.63, 3.8) is 0 Å². The molecule has 0 fully saturated rings. The number of nitrogens with zero attached hydrogens (tertiary/aromatic N) is 2. The van der Waals surface area contributed by atoms with Crippen LogP contribution in [0.15, 0.2) is 18.2 Å². The maximum Gasteiger partial charge on any atom is 0.143 e. The van der Waals surface area contributed by atoms with E-state index in [1.807, 2.05) is 11.8 Å². The van der Waals surface area contributed by atoms with Crippen LogP contribution >= 0.6 is 0 Å². The highest BCUT2D eigenvalue weighted by Gasteiger charge is 2.18. The van der Waals surface area contributed by atoms with Gasteiger partial charge in [-0.1, -0.05) is 0 Å². The lowest BCUT2D eigenvalue weighted by molar-refractivity contribution is 0.0876. The predicted molar refractivity (Wildman–Crippen MR) is 65.3 cm³/mol. The summed E-state index contributed by atoms with van der Waals surface area (Å²) in [6, 6.07) is 6.26. The van der Waals surface area contributed by atoms with Gasteiger partial charge in [0.1, 0.15) is 11.9 Å². The van der Waals surface area contributed by atoms with Gasteiger partial charge in [0.05, 0.1) is 11.2 Å². The highest BCUT2D eigenvalue weighted by atomic mass is 19.1. The second-order valence-corrected chi connectivity index (χ2v) is 4.60. The second kappa shape index (κ2) is 5.15. The van der Waals surface area contributed by atoms with Gasteiger partial charge in [0.25, 0.3) is 0 Å². The summed E-state index contributed by atoms with van der Waals surface area (Å²) < 4.78 is 13.5. The molecule has 92 valence electrons. The molecule has 0 heterocycles. The zero-order valence-corrected chi connectivity index (χ0v) is 10.4. The Balaban J connectivity index is 2.98. The smallest absolute Gasteiger partial charge is 0.143 e. The molecular formula is C13H17FN2O. The molecule has 0 aliphatic rings. The maximum absolute atomic E-state index is 13.5. The minimum atomic E-state index is -0.847. The summed E-state index contributed by atoms with van der Waals surface area (Å²) in [6.07, 6.45) is 0. The zero-order chi connectivity index (χ0) is 13.1. The van der Waals surface area contributed by atoms with Gasteiger partial charge in [-0.25, -0.2) is 4.39 Å². The molecule has 0 spiro atoms. The third kappa shape index (κ3) is 3.72. The van der Waals surface area contributed by atoms with E-state index >= 15 is 0 Å². The molecule has 0 atom stereocenters. The number of halogens is 1. The van der Waals surface area contributed by atoms with E-state index in [9.17, 15) is 9.50 Å². The zero-order valence-electron chi connectivity index (χ0n) is 10.4. The molecule has 0 saturated carbocycles. The largest absolute Gasteiger partial charge is 0.389 e. The summed E-state index contributed by atoms with van der Waals surface area (Å²) in [5.74, 6) is -0.529. The van der Waals surface area contributed by atoms with Gasteiger partial charge < -0.3 is 10.0 Å². The van der Waals surface area contributed by atoms with Gasteiger partial charge in [0, 0.05) is 18.8 Å². The van der Waals surface area contributed by atoms with Gasteiger partial charge in [0.15, 0.2) is 0 Å². The quantitative estimate of drug-likeness (QED) is 0.872. The topological polar surface area (TPSA) is 47.3 Å². The number of hydrogen-bond acceptors (Lipinski definition) is 3. The first kappa shape index (κ1) is 13.5. The summed E-state index contributed by atoms with van der Waals surface area (Å²) in [5.41, 5.74) is -0.139. The Hall–Kier alpha value is -1.60. The fourth-order valence-electron chi connectivity index (χ4n) is 1.64. The Kier molecular flexibility index (Phi) is 4.08. The van der Waals surface area contributed by atoms with Crippen LogP contribution in [0.5, 0.6) is 0 Å². The van der Waals surface area contributed by atoms with Crippen LogP contribution in [0.2, 0.25) is 0 Å². The van der Waals surface area contributed by atoms with E-state index in [1.165, 1.54) is 12.1 Å². The summed E-state index contributed by atoms with van der Waals surface area (Å²) >= 11 is 0. The standard InChI is InChI=1S/C13H17FN2O/c1-4-16(9-13(2,3)17)11-6-5-10(8-15)12(14)7-11/h5-7,17H,4,9H2,1-3H3. The van der Waals surface area contributed by atoms with Crippen molar-refractivity contribution in [2.75, 3.05) is 18.0 Å². The molecule has 17 heavy (non-hydrogen) atoms. The number of benzene rings is 1. The summed E-state index contributed by atoms with van der Waals surface area (Å²) in [4.78, 5) is 1.87. The van der Waals surface area contributed by atoms with Gasteiger partial charge in [-0.2, -0.15) is 5.26 Å². The van der Waals surface area contributed by atoms with Crippen LogP contribution < -0.4 is 4.90 Å². The Morgan fingerprint density at radius 1 is 1.47 bits per heavy atom. The molecule has 0 bridgehead atoms. The Morgan fingerprint density at radius 3 is 2.53 bits per heavy atom. The lowest BCUT2D eigenvalue weighted by Gasteiger charge is -2.30. The summed E-state index contributed by atoms with van der Waals surface area (Å²) in [7, 11) is 0. The van der Waals surface area contributed by atoms with Crippen LogP contribution in [0.4, 0.5) is 10.1 Å². The third-order valence-electron chi connectivity index (χ3n) is 2.40. The van der Waals surface area contributed by atoms with Gasteiger partial charge in [-0.3, -0.25) is 0 Å². The molecule has 4 heteroatoms. The molecule has 0 aliphatic heterocycles. The van der Waals surface area contributed by atoms with E-state index in [2.05, 4.69) is 0 Å². The predicted octanol–water partition coefficient (Wildman–Crippen LogP) is 2.29. The van der Waals surface area contributed by atoms with E-state index in [0.29, 0.717) is 18.8 Å². The number of hydrogen-bond donors (Lipinski definition) is 1. The average Bonchev–Trinajstić information content (AvgIpc) is 2.24. The van der Waals surface area contributed by atoms with Crippen LogP contribution in [0, 0.1) is 17.1 Å². The molecule has 0 aromatic heterocycles. The number of nitriles is 1. The minimum absolute atomic E-state index is 0.0352. The maximum atomic E-state index is 13.5. The van der Waals surface area contributed by atoms with Crippen molar-refractivity contribution in [1.29, 1.82) is 5.26 Å². The van der Waals surface area contributed by atoms with Crippen molar-refractivity contribution in [1.82, 2.24) is 0 Å². The lowest BCUT2D eigenvalue weighted by Crippen LogP contribution is -2.38. The fraction of sp³-hybridized carbons (Fsp3) is 0.462. The van der Waals surface area contributed by atoms with Crippen LogP contribution in [0.25, 0.3) is 0 Å². The fourth-order valence-corrected chi connectivity index (χ4v) is 1.64. The molecule has 0 unspecified atom stereocenters. The van der Waals surface area contributed by atoms with Gasteiger partial charge >= 0.3 is 0 Å². The first-order valence-corrected chi connectivity index (χ1v) is 5.54. The highest BCUT2D eigenvalue weighted by molar-refractivity contribution is 5.50. The third-order valence-corrected chi connectivity index (χ3v) is 2.40. The van der Waals surface area contributed by atoms with Crippen molar-refractivity contribution < 1.29 is 9.50 Å². The molecule has 0 amide bonds. The van der Waals surface area contributed by atoms with Crippen molar-refractivity contribution in [3.05, 3.63) is 29.6 Å². The van der Waals surface area contributed by atoms with Crippen molar-refractivity contribution in [3.8, 4) is 6.07 Å². The Labute approximate surface area is 101 Å². The van der Waals surface area contributed by atoms with E-state index in [-0.39, 0.29) is 5.56 Å². The molecule has 3 nitrogen and oxygen atoms in total. The summed E-state index contributed by atoms with van der Waals surface area (Å²) in [5, 5.41) is 18.4. The van der Waals surface area contributed by atoms with Gasteiger partial charge in [-0.15, -0.1) is 0 Å². The minimum Gasteiger partial charge on any atom is -0.389 e. The lowest BCUT2D eigenvalue weighted by atomic mass is 10.1. The molecule has 1 aromatic carbocycles. The van der Waals surface area contributed by atoms with Gasteiger partial charge in [0.2, 0.25) is 0 Å². The number of likely N-dealkylation sites (N-methyl/N-ethyl adjacent to an activating group) is 1. The molecule has 1 rings (SSSR count). The van der Waals surface area contributed by atoms with Crippen molar-refractivity contribution in [2.24, 2.45) is 0 Å². The van der Waals surface area contributed by atoms with Crippen LogP contribution in [0.1, 0.15) is 26.3 Å². The Morgan fingerprint density at radius 2 is 2.12 bits per heavy atom. The van der Waals surface area contributed by atoms with Crippen molar-refractivity contribution in [2.45, 2.75) is 26.4 Å². The molecule has 0 saturated heterocycles. The highest BCUT2D eigenvalue weighted by Crippen LogP contribution is 2.20. The van der Waals surface area contributed by atoms with Crippen LogP contribution in [-0.4, -0.2) is 23.8 Å². The molecule has 1 aromatic rings. The first-order valence-electron chi connectivity index (χ1n) is 5.54. The average molecular weight is 236 g/mol. The molecule has 0 radical (unpaired) electrons. The molecule has 1 N–H and O–H groups in total. The summed E-state index contributed by atoms with van der Waals surface area (Å²) in [6.45, 7) is 6.41. The van der Waals surface area contributed by atoms with Gasteiger partial charge in [-0.05, 0) is 39.0 Å². The van der Waals surface area contributed by atoms with Crippen molar-refractivity contribution >= 4 is 5.69 Å². The Bertz CT molecular complexity index is 432. The van der Waals surface area contributed by atoms with Crippen LogP contribution in [0.3, 0.4) is 0 Å². The SMILES string of the molecule is CCN(CC(C)(C)O)c1ccc(C#N)c(F)c1. The molecule has 0 aliphatic carbocycles. The van der Waals surface area contributed by atoms with E-state index < -0.39 is 11.4 Å². The normalized spacial score (nSPS) is 11.1. The molecular weight excluding hydrogens is 219 g/mol. The van der Waals surface area contributed by atoms with E-state index in [0.717, 1.165) is 0 Å². The van der Waals surface area contributed by atoms with Crippen LogP contribution in [-0.2, 0) is 0 Å². The second-order valence-electron chi connectivity index (χ2n) is 4.60. The van der Waals surface area contributed by atoms with E-state index in [4.69, 9.17) is 5.26 Å². The van der Waals surface area contributed by atoms with E-state index in [1.54, 1.807) is 26.0 Å². The number of rotatable bonds is 4.